The first-order chi connectivity index (χ1) is 12.0. The molecule has 0 saturated heterocycles. The molecule has 0 amide bonds. The smallest absolute Gasteiger partial charge is 0.258 e. The van der Waals surface area contributed by atoms with E-state index in [1.54, 1.807) is 12.3 Å². The average Bonchev–Trinajstić information content (AvgIpc) is 2.56. The lowest BCUT2D eigenvalue weighted by atomic mass is 10.2. The van der Waals surface area contributed by atoms with Crippen LogP contribution in [0.2, 0.25) is 0 Å². The largest absolute Gasteiger partial charge is 0.494 e. The summed E-state index contributed by atoms with van der Waals surface area (Å²) in [5, 5.41) is 0. The number of aryl methyl sites for hydroxylation is 1. The lowest BCUT2D eigenvalue weighted by Gasteiger charge is -2.17. The molecule has 0 aliphatic heterocycles. The maximum absolute atomic E-state index is 13.8. The number of hydrogen-bond acceptors (Lipinski definition) is 4. The van der Waals surface area contributed by atoms with Crippen LogP contribution < -0.4 is 10.3 Å². The van der Waals surface area contributed by atoms with E-state index in [0.29, 0.717) is 24.4 Å². The van der Waals surface area contributed by atoms with Gasteiger partial charge in [-0.1, -0.05) is 12.1 Å². The van der Waals surface area contributed by atoms with Crippen molar-refractivity contribution in [3.05, 3.63) is 75.6 Å². The van der Waals surface area contributed by atoms with E-state index in [1.165, 1.54) is 23.6 Å². The Balaban J connectivity index is 1.77. The summed E-state index contributed by atoms with van der Waals surface area (Å²) < 4.78 is 20.3. The minimum Gasteiger partial charge on any atom is -0.494 e. The number of fused-ring (bicyclic) bond motifs is 1. The summed E-state index contributed by atoms with van der Waals surface area (Å²) in [5.41, 5.74) is 3.03. The Morgan fingerprint density at radius 1 is 1.20 bits per heavy atom. The quantitative estimate of drug-likeness (QED) is 0.716. The predicted octanol–water partition coefficient (Wildman–Crippen LogP) is 2.78. The highest BCUT2D eigenvalue weighted by atomic mass is 19.1. The monoisotopic (exact) mass is 341 g/mol. The molecule has 0 radical (unpaired) electrons. The Bertz CT molecular complexity index is 969. The van der Waals surface area contributed by atoms with Crippen molar-refractivity contribution in [2.24, 2.45) is 0 Å². The molecule has 0 aliphatic rings. The molecule has 2 aromatic heterocycles. The Kier molecular flexibility index (Phi) is 4.81. The van der Waals surface area contributed by atoms with Crippen LogP contribution in [-0.4, -0.2) is 28.4 Å². The Hall–Kier alpha value is -2.73. The van der Waals surface area contributed by atoms with Gasteiger partial charge in [-0.05, 0) is 43.3 Å². The number of pyridine rings is 1. The van der Waals surface area contributed by atoms with Gasteiger partial charge in [0.15, 0.2) is 11.6 Å². The van der Waals surface area contributed by atoms with Crippen LogP contribution in [0.15, 0.2) is 47.4 Å². The maximum atomic E-state index is 13.8. The lowest BCUT2D eigenvalue weighted by Crippen LogP contribution is -2.22. The summed E-state index contributed by atoms with van der Waals surface area (Å²) in [6, 6.07) is 10.2. The number of benzene rings is 1. The van der Waals surface area contributed by atoms with Crippen LogP contribution in [0, 0.1) is 12.7 Å². The zero-order valence-electron chi connectivity index (χ0n) is 14.5. The minimum atomic E-state index is -0.383. The predicted molar refractivity (Wildman–Crippen MR) is 94.3 cm³/mol. The van der Waals surface area contributed by atoms with Crippen LogP contribution >= 0.6 is 0 Å². The van der Waals surface area contributed by atoms with E-state index < -0.39 is 0 Å². The summed E-state index contributed by atoms with van der Waals surface area (Å²) >= 11 is 0. The first-order valence-electron chi connectivity index (χ1n) is 7.96. The molecule has 3 rings (SSSR count). The van der Waals surface area contributed by atoms with Gasteiger partial charge in [-0.2, -0.15) is 0 Å². The van der Waals surface area contributed by atoms with Crippen molar-refractivity contribution in [3.63, 3.8) is 0 Å². The molecular formula is C19H20FN3O2. The van der Waals surface area contributed by atoms with Crippen LogP contribution in [0.1, 0.15) is 16.8 Å². The highest BCUT2D eigenvalue weighted by Gasteiger charge is 2.09. The van der Waals surface area contributed by atoms with Crippen molar-refractivity contribution < 1.29 is 9.13 Å². The van der Waals surface area contributed by atoms with Gasteiger partial charge in [0.25, 0.3) is 5.56 Å². The molecule has 0 bridgehead atoms. The molecule has 1 aromatic carbocycles. The van der Waals surface area contributed by atoms with Crippen LogP contribution in [0.4, 0.5) is 4.39 Å². The fraction of sp³-hybridized carbons (Fsp3) is 0.263. The molecule has 0 aliphatic carbocycles. The fourth-order valence-electron chi connectivity index (χ4n) is 2.79. The first kappa shape index (κ1) is 17.1. The van der Waals surface area contributed by atoms with E-state index in [0.717, 1.165) is 11.1 Å². The second-order valence-corrected chi connectivity index (χ2v) is 6.16. The first-order valence-corrected chi connectivity index (χ1v) is 7.96. The standard InChI is InChI=1S/C19H20FN3O2/c1-13-4-7-18-21-15(9-19(24)23(18)10-13)12-22(2)11-14-5-6-17(25-3)16(20)8-14/h4-10H,11-12H2,1-3H3. The van der Waals surface area contributed by atoms with E-state index in [4.69, 9.17) is 4.74 Å². The summed E-state index contributed by atoms with van der Waals surface area (Å²) in [4.78, 5) is 18.8. The molecule has 5 nitrogen and oxygen atoms in total. The van der Waals surface area contributed by atoms with Crippen LogP contribution in [-0.2, 0) is 13.1 Å². The number of hydrogen-bond donors (Lipinski definition) is 0. The topological polar surface area (TPSA) is 46.8 Å². The summed E-state index contributed by atoms with van der Waals surface area (Å²) in [6.07, 6.45) is 1.78. The molecule has 0 fully saturated rings. The van der Waals surface area contributed by atoms with Gasteiger partial charge in [-0.3, -0.25) is 14.1 Å². The summed E-state index contributed by atoms with van der Waals surface area (Å²) in [5.74, 6) is -0.156. The maximum Gasteiger partial charge on any atom is 0.258 e. The van der Waals surface area contributed by atoms with Crippen LogP contribution in [0.3, 0.4) is 0 Å². The number of methoxy groups -OCH3 is 1. The molecule has 6 heteroatoms. The van der Waals surface area contributed by atoms with Gasteiger partial charge in [0.1, 0.15) is 5.65 Å². The third kappa shape index (κ3) is 3.85. The van der Waals surface area contributed by atoms with Gasteiger partial charge in [0.05, 0.1) is 12.8 Å². The normalized spacial score (nSPS) is 11.2. The van der Waals surface area contributed by atoms with Crippen molar-refractivity contribution in [2.75, 3.05) is 14.2 Å². The van der Waals surface area contributed by atoms with Crippen molar-refractivity contribution in [2.45, 2.75) is 20.0 Å². The number of aromatic nitrogens is 2. The number of rotatable bonds is 5. The second-order valence-electron chi connectivity index (χ2n) is 6.16. The molecule has 0 saturated carbocycles. The van der Waals surface area contributed by atoms with Crippen LogP contribution in [0.5, 0.6) is 5.75 Å². The van der Waals surface area contributed by atoms with Crippen molar-refractivity contribution in [3.8, 4) is 5.75 Å². The Labute approximate surface area is 145 Å². The summed E-state index contributed by atoms with van der Waals surface area (Å²) in [6.45, 7) is 2.96. The molecule has 130 valence electrons. The molecule has 2 heterocycles. The van der Waals surface area contributed by atoms with Crippen molar-refractivity contribution >= 4 is 5.65 Å². The summed E-state index contributed by atoms with van der Waals surface area (Å²) in [7, 11) is 3.34. The van der Waals surface area contributed by atoms with E-state index in [9.17, 15) is 9.18 Å². The number of halogens is 1. The molecule has 25 heavy (non-hydrogen) atoms. The Morgan fingerprint density at radius 2 is 2.00 bits per heavy atom. The lowest BCUT2D eigenvalue weighted by molar-refractivity contribution is 0.313. The van der Waals surface area contributed by atoms with Gasteiger partial charge in [-0.25, -0.2) is 9.37 Å². The average molecular weight is 341 g/mol. The van der Waals surface area contributed by atoms with Gasteiger partial charge in [0.2, 0.25) is 0 Å². The highest BCUT2D eigenvalue weighted by Crippen LogP contribution is 2.18. The Morgan fingerprint density at radius 3 is 2.72 bits per heavy atom. The van der Waals surface area contributed by atoms with Crippen molar-refractivity contribution in [1.29, 1.82) is 0 Å². The van der Waals surface area contributed by atoms with Crippen LogP contribution in [0.25, 0.3) is 5.65 Å². The van der Waals surface area contributed by atoms with Crippen molar-refractivity contribution in [1.82, 2.24) is 14.3 Å². The van der Waals surface area contributed by atoms with E-state index in [2.05, 4.69) is 4.98 Å². The van der Waals surface area contributed by atoms with E-state index >= 15 is 0 Å². The molecule has 3 aromatic rings. The SMILES string of the molecule is COc1ccc(CN(C)Cc2cc(=O)n3cc(C)ccc3n2)cc1F. The van der Waals surface area contributed by atoms with Gasteiger partial charge in [-0.15, -0.1) is 0 Å². The zero-order valence-corrected chi connectivity index (χ0v) is 14.5. The van der Waals surface area contributed by atoms with Gasteiger partial charge >= 0.3 is 0 Å². The third-order valence-corrected chi connectivity index (χ3v) is 3.96. The number of nitrogens with zero attached hydrogens (tertiary/aromatic N) is 3. The molecule has 0 atom stereocenters. The van der Waals surface area contributed by atoms with E-state index in [-0.39, 0.29) is 17.1 Å². The molecule has 0 spiro atoms. The van der Waals surface area contributed by atoms with Gasteiger partial charge in [0, 0.05) is 25.4 Å². The molecular weight excluding hydrogens is 321 g/mol. The highest BCUT2D eigenvalue weighted by molar-refractivity contribution is 5.40. The number of ether oxygens (including phenoxy) is 1. The van der Waals surface area contributed by atoms with E-state index in [1.807, 2.05) is 37.1 Å². The zero-order chi connectivity index (χ0) is 18.0. The second kappa shape index (κ2) is 7.03. The fourth-order valence-corrected chi connectivity index (χ4v) is 2.79. The third-order valence-electron chi connectivity index (χ3n) is 3.96. The van der Waals surface area contributed by atoms with Gasteiger partial charge < -0.3 is 4.74 Å². The minimum absolute atomic E-state index is 0.104. The molecule has 0 N–H and O–H groups in total. The molecule has 0 unspecified atom stereocenters.